The number of hydrogen-bond donors (Lipinski definition) is 1. The Kier molecular flexibility index (Phi) is 4.39. The predicted molar refractivity (Wildman–Crippen MR) is 76.1 cm³/mol. The predicted octanol–water partition coefficient (Wildman–Crippen LogP) is 3.45. The zero-order valence-corrected chi connectivity index (χ0v) is 11.7. The van der Waals surface area contributed by atoms with Gasteiger partial charge in [-0.2, -0.15) is 23.5 Å². The van der Waals surface area contributed by atoms with Crippen molar-refractivity contribution in [3.8, 4) is 0 Å². The molecule has 1 nitrogen and oxygen atoms in total. The largest absolute Gasteiger partial charge is 0.323 e. The number of rotatable bonds is 2. The molecule has 1 saturated heterocycles. The molecule has 1 aliphatic rings. The molecule has 2 rings (SSSR count). The summed E-state index contributed by atoms with van der Waals surface area (Å²) >= 11 is 3.95. The van der Waals surface area contributed by atoms with Crippen LogP contribution in [0.15, 0.2) is 24.3 Å². The van der Waals surface area contributed by atoms with Gasteiger partial charge >= 0.3 is 0 Å². The van der Waals surface area contributed by atoms with Crippen molar-refractivity contribution in [3.63, 3.8) is 0 Å². The minimum absolute atomic E-state index is 0.00282. The molecule has 0 spiro atoms. The summed E-state index contributed by atoms with van der Waals surface area (Å²) < 4.78 is 12.9. The van der Waals surface area contributed by atoms with E-state index in [1.54, 1.807) is 12.1 Å². The zero-order valence-electron chi connectivity index (χ0n) is 10.1. The van der Waals surface area contributed by atoms with Gasteiger partial charge in [0, 0.05) is 27.5 Å². The highest BCUT2D eigenvalue weighted by molar-refractivity contribution is 8.07. The fourth-order valence-electron chi connectivity index (χ4n) is 1.90. The molecule has 0 bridgehead atoms. The first-order valence-electron chi connectivity index (χ1n) is 5.86. The van der Waals surface area contributed by atoms with Crippen LogP contribution in [0.2, 0.25) is 0 Å². The number of hydrogen-bond acceptors (Lipinski definition) is 3. The van der Waals surface area contributed by atoms with E-state index >= 15 is 0 Å². The highest BCUT2D eigenvalue weighted by atomic mass is 32.2. The van der Waals surface area contributed by atoms with Gasteiger partial charge in [0.15, 0.2) is 0 Å². The van der Waals surface area contributed by atoms with Crippen molar-refractivity contribution in [2.24, 2.45) is 5.73 Å². The molecule has 0 amide bonds. The fraction of sp³-hybridized carbons (Fsp3) is 0.538. The smallest absolute Gasteiger partial charge is 0.123 e. The van der Waals surface area contributed by atoms with Gasteiger partial charge in [-0.15, -0.1) is 0 Å². The van der Waals surface area contributed by atoms with E-state index in [4.69, 9.17) is 5.73 Å². The number of halogens is 1. The lowest BCUT2D eigenvalue weighted by Crippen LogP contribution is -2.34. The van der Waals surface area contributed by atoms with Crippen LogP contribution < -0.4 is 5.73 Å². The van der Waals surface area contributed by atoms with Crippen LogP contribution in [-0.4, -0.2) is 21.5 Å². The fourth-order valence-corrected chi connectivity index (χ4v) is 4.94. The molecule has 1 aromatic carbocycles. The first kappa shape index (κ1) is 13.2. The molecule has 0 radical (unpaired) electrons. The summed E-state index contributed by atoms with van der Waals surface area (Å²) in [4.78, 5) is 0. The summed E-state index contributed by atoms with van der Waals surface area (Å²) in [5.74, 6) is 0.878. The van der Waals surface area contributed by atoms with Gasteiger partial charge in [-0.25, -0.2) is 4.39 Å². The van der Waals surface area contributed by atoms with Gasteiger partial charge in [-0.1, -0.05) is 26.0 Å². The van der Waals surface area contributed by atoms with Gasteiger partial charge in [0.1, 0.15) is 5.82 Å². The summed E-state index contributed by atoms with van der Waals surface area (Å²) in [6, 6.07) is 6.58. The van der Waals surface area contributed by atoms with Crippen LogP contribution in [0.25, 0.3) is 0 Å². The lowest BCUT2D eigenvalue weighted by molar-refractivity contribution is 0.624. The van der Waals surface area contributed by atoms with Crippen LogP contribution in [0.1, 0.15) is 25.5 Å². The molecule has 17 heavy (non-hydrogen) atoms. The first-order chi connectivity index (χ1) is 8.08. The Hall–Kier alpha value is -0.190. The topological polar surface area (TPSA) is 26.0 Å². The third-order valence-electron chi connectivity index (χ3n) is 3.23. The second-order valence-corrected chi connectivity index (χ2v) is 7.53. The Labute approximate surface area is 111 Å². The first-order valence-corrected chi connectivity index (χ1v) is 7.85. The summed E-state index contributed by atoms with van der Waals surface area (Å²) in [6.07, 6.45) is 0. The summed E-state index contributed by atoms with van der Waals surface area (Å²) in [6.45, 7) is 4.52. The quantitative estimate of drug-likeness (QED) is 0.892. The molecule has 4 unspecified atom stereocenters. The molecule has 4 heteroatoms. The van der Waals surface area contributed by atoms with E-state index < -0.39 is 0 Å². The molecule has 1 fully saturated rings. The van der Waals surface area contributed by atoms with Gasteiger partial charge < -0.3 is 5.73 Å². The monoisotopic (exact) mass is 271 g/mol. The Morgan fingerprint density at radius 1 is 1.24 bits per heavy atom. The molecule has 1 heterocycles. The van der Waals surface area contributed by atoms with Crippen molar-refractivity contribution < 1.29 is 4.39 Å². The summed E-state index contributed by atoms with van der Waals surface area (Å²) in [5.41, 5.74) is 7.30. The van der Waals surface area contributed by atoms with E-state index in [2.05, 4.69) is 13.8 Å². The van der Waals surface area contributed by atoms with Crippen LogP contribution in [0.4, 0.5) is 4.39 Å². The lowest BCUT2D eigenvalue weighted by atomic mass is 10.1. The van der Waals surface area contributed by atoms with Gasteiger partial charge in [0.25, 0.3) is 0 Å². The van der Waals surface area contributed by atoms with Gasteiger partial charge in [-0.05, 0) is 17.7 Å². The molecule has 0 aromatic heterocycles. The van der Waals surface area contributed by atoms with Crippen molar-refractivity contribution in [3.05, 3.63) is 35.6 Å². The van der Waals surface area contributed by atoms with Crippen LogP contribution in [-0.2, 0) is 0 Å². The Morgan fingerprint density at radius 2 is 1.88 bits per heavy atom. The average molecular weight is 271 g/mol. The minimum Gasteiger partial charge on any atom is -0.323 e. The van der Waals surface area contributed by atoms with Crippen LogP contribution in [0, 0.1) is 5.82 Å². The van der Waals surface area contributed by atoms with Crippen molar-refractivity contribution >= 4 is 23.5 Å². The standard InChI is InChI=1S/C13H18FNS2/c1-8-9(2)17-12(7-16-8)13(15)10-3-5-11(14)6-4-10/h3-6,8-9,12-13H,7,15H2,1-2H3. The van der Waals surface area contributed by atoms with Crippen molar-refractivity contribution in [1.29, 1.82) is 0 Å². The molecule has 0 aliphatic carbocycles. The minimum atomic E-state index is -0.200. The molecular weight excluding hydrogens is 253 g/mol. The van der Waals surface area contributed by atoms with E-state index in [-0.39, 0.29) is 11.9 Å². The summed E-state index contributed by atoms with van der Waals surface area (Å²) in [7, 11) is 0. The van der Waals surface area contributed by atoms with Crippen molar-refractivity contribution in [1.82, 2.24) is 0 Å². The molecule has 1 aromatic rings. The van der Waals surface area contributed by atoms with Gasteiger partial charge in [0.2, 0.25) is 0 Å². The maximum Gasteiger partial charge on any atom is 0.123 e. The summed E-state index contributed by atoms with van der Waals surface area (Å²) in [5, 5.41) is 1.75. The Morgan fingerprint density at radius 3 is 2.47 bits per heavy atom. The Bertz CT molecular complexity index is 368. The SMILES string of the molecule is CC1SCC(C(N)c2ccc(F)cc2)SC1C. The molecule has 4 atom stereocenters. The number of benzene rings is 1. The molecule has 0 saturated carbocycles. The second kappa shape index (κ2) is 5.63. The average Bonchev–Trinajstić information content (AvgIpc) is 2.33. The third kappa shape index (κ3) is 3.18. The number of thioether (sulfide) groups is 2. The van der Waals surface area contributed by atoms with E-state index in [1.165, 1.54) is 12.1 Å². The lowest BCUT2D eigenvalue weighted by Gasteiger charge is -2.34. The third-order valence-corrected chi connectivity index (χ3v) is 6.75. The normalized spacial score (nSPS) is 31.2. The van der Waals surface area contributed by atoms with Crippen molar-refractivity contribution in [2.45, 2.75) is 35.6 Å². The molecule has 94 valence electrons. The zero-order chi connectivity index (χ0) is 12.4. The van der Waals surface area contributed by atoms with Crippen molar-refractivity contribution in [2.75, 3.05) is 5.75 Å². The van der Waals surface area contributed by atoms with E-state index in [9.17, 15) is 4.39 Å². The van der Waals surface area contributed by atoms with Crippen LogP contribution in [0.3, 0.4) is 0 Å². The van der Waals surface area contributed by atoms with Gasteiger partial charge in [0.05, 0.1) is 0 Å². The maximum absolute atomic E-state index is 12.9. The van der Waals surface area contributed by atoms with Gasteiger partial charge in [-0.3, -0.25) is 0 Å². The van der Waals surface area contributed by atoms with E-state index in [0.29, 0.717) is 15.7 Å². The maximum atomic E-state index is 12.9. The molecular formula is C13H18FNS2. The highest BCUT2D eigenvalue weighted by Gasteiger charge is 2.30. The highest BCUT2D eigenvalue weighted by Crippen LogP contribution is 2.40. The number of nitrogens with two attached hydrogens (primary N) is 1. The van der Waals surface area contributed by atoms with E-state index in [1.807, 2.05) is 23.5 Å². The van der Waals surface area contributed by atoms with Crippen LogP contribution in [0.5, 0.6) is 0 Å². The Balaban J connectivity index is 2.05. The molecule has 1 aliphatic heterocycles. The molecule has 2 N–H and O–H groups in total. The van der Waals surface area contributed by atoms with E-state index in [0.717, 1.165) is 11.3 Å². The second-order valence-electron chi connectivity index (χ2n) is 4.50. The van der Waals surface area contributed by atoms with Crippen LogP contribution >= 0.6 is 23.5 Å².